The molecule has 0 heterocycles. The zero-order valence-electron chi connectivity index (χ0n) is 8.77. The van der Waals surface area contributed by atoms with E-state index >= 15 is 0 Å². The fourth-order valence-electron chi connectivity index (χ4n) is 1.09. The van der Waals surface area contributed by atoms with Crippen molar-refractivity contribution in [3.8, 4) is 0 Å². The molecule has 0 aliphatic rings. The van der Waals surface area contributed by atoms with Gasteiger partial charge in [-0.2, -0.15) is 0 Å². The van der Waals surface area contributed by atoms with Crippen molar-refractivity contribution >= 4 is 33.4 Å². The minimum atomic E-state index is -0.449. The summed E-state index contributed by atoms with van der Waals surface area (Å²) >= 11 is 9.08. The first-order valence-corrected chi connectivity index (χ1v) is 6.33. The number of nitrogens with one attached hydrogen (secondary N) is 1. The first kappa shape index (κ1) is 13.5. The van der Waals surface area contributed by atoms with Gasteiger partial charge in [0.15, 0.2) is 0 Å². The zero-order chi connectivity index (χ0) is 12.1. The third-order valence-electron chi connectivity index (χ3n) is 2.05. The molecular formula is C11H12BrClFNO. The van der Waals surface area contributed by atoms with Gasteiger partial charge in [-0.1, -0.05) is 34.5 Å². The van der Waals surface area contributed by atoms with Crippen LogP contribution in [0.1, 0.15) is 17.3 Å². The third-order valence-corrected chi connectivity index (χ3v) is 3.47. The van der Waals surface area contributed by atoms with Crippen LogP contribution in [0, 0.1) is 11.7 Å². The van der Waals surface area contributed by atoms with E-state index in [9.17, 15) is 9.18 Å². The normalized spacial score (nSPS) is 12.2. The lowest BCUT2D eigenvalue weighted by molar-refractivity contribution is 0.0949. The summed E-state index contributed by atoms with van der Waals surface area (Å²) in [7, 11) is 0. The molecule has 1 amide bonds. The summed E-state index contributed by atoms with van der Waals surface area (Å²) < 4.78 is 12.8. The van der Waals surface area contributed by atoms with Gasteiger partial charge in [-0.15, -0.1) is 0 Å². The van der Waals surface area contributed by atoms with E-state index in [-0.39, 0.29) is 10.9 Å². The molecule has 1 unspecified atom stereocenters. The molecule has 16 heavy (non-hydrogen) atoms. The van der Waals surface area contributed by atoms with Crippen LogP contribution in [0.4, 0.5) is 4.39 Å². The number of alkyl halides is 1. The number of amides is 1. The third kappa shape index (κ3) is 3.76. The van der Waals surface area contributed by atoms with Crippen LogP contribution < -0.4 is 5.32 Å². The summed E-state index contributed by atoms with van der Waals surface area (Å²) in [6.07, 6.45) is 0. The maximum atomic E-state index is 12.8. The number of carbonyl (C=O) groups is 1. The summed E-state index contributed by atoms with van der Waals surface area (Å²) in [6, 6.07) is 3.73. The number of halogens is 3. The molecule has 0 aliphatic carbocycles. The maximum absolute atomic E-state index is 12.8. The van der Waals surface area contributed by atoms with Crippen molar-refractivity contribution in [3.05, 3.63) is 34.6 Å². The van der Waals surface area contributed by atoms with Crippen LogP contribution in [0.2, 0.25) is 5.02 Å². The second-order valence-corrected chi connectivity index (χ2v) is 4.65. The highest BCUT2D eigenvalue weighted by atomic mass is 79.9. The van der Waals surface area contributed by atoms with E-state index in [4.69, 9.17) is 11.6 Å². The number of benzene rings is 1. The molecule has 0 saturated carbocycles. The molecule has 1 rings (SSSR count). The molecule has 1 N–H and O–H groups in total. The monoisotopic (exact) mass is 307 g/mol. The highest BCUT2D eigenvalue weighted by Gasteiger charge is 2.11. The standard InChI is InChI=1S/C11H12BrClFNO/c1-7(5-12)6-15-11(16)9-3-2-8(14)4-10(9)13/h2-4,7H,5-6H2,1H3,(H,15,16). The first-order chi connectivity index (χ1) is 7.54. The summed E-state index contributed by atoms with van der Waals surface area (Å²) in [5.74, 6) is -0.392. The van der Waals surface area contributed by atoms with E-state index in [0.717, 1.165) is 11.4 Å². The lowest BCUT2D eigenvalue weighted by Gasteiger charge is -2.10. The quantitative estimate of drug-likeness (QED) is 0.850. The van der Waals surface area contributed by atoms with Gasteiger partial charge in [-0.05, 0) is 24.1 Å². The van der Waals surface area contributed by atoms with Gasteiger partial charge in [-0.3, -0.25) is 4.79 Å². The van der Waals surface area contributed by atoms with Crippen molar-refractivity contribution in [2.45, 2.75) is 6.92 Å². The number of rotatable bonds is 4. The molecule has 0 aromatic heterocycles. The minimum absolute atomic E-state index is 0.129. The van der Waals surface area contributed by atoms with Crippen molar-refractivity contribution in [3.63, 3.8) is 0 Å². The summed E-state index contributed by atoms with van der Waals surface area (Å²) in [6.45, 7) is 2.55. The molecule has 0 bridgehead atoms. The largest absolute Gasteiger partial charge is 0.352 e. The molecule has 0 aliphatic heterocycles. The van der Waals surface area contributed by atoms with Crippen molar-refractivity contribution in [2.75, 3.05) is 11.9 Å². The van der Waals surface area contributed by atoms with Crippen LogP contribution in [-0.2, 0) is 0 Å². The van der Waals surface area contributed by atoms with Gasteiger partial charge >= 0.3 is 0 Å². The van der Waals surface area contributed by atoms with E-state index in [1.807, 2.05) is 6.92 Å². The van der Waals surface area contributed by atoms with Gasteiger partial charge in [0, 0.05) is 11.9 Å². The smallest absolute Gasteiger partial charge is 0.252 e. The highest BCUT2D eigenvalue weighted by Crippen LogP contribution is 2.17. The van der Waals surface area contributed by atoms with Gasteiger partial charge in [0.2, 0.25) is 0 Å². The molecule has 1 aromatic carbocycles. The zero-order valence-corrected chi connectivity index (χ0v) is 11.1. The lowest BCUT2D eigenvalue weighted by Crippen LogP contribution is -2.29. The van der Waals surface area contributed by atoms with Crippen molar-refractivity contribution in [1.82, 2.24) is 5.32 Å². The van der Waals surface area contributed by atoms with E-state index in [2.05, 4.69) is 21.2 Å². The second-order valence-electron chi connectivity index (χ2n) is 3.59. The Labute approximate surface area is 107 Å². The van der Waals surface area contributed by atoms with Gasteiger partial charge in [0.05, 0.1) is 10.6 Å². The fourth-order valence-corrected chi connectivity index (χ4v) is 1.57. The molecule has 1 aromatic rings. The van der Waals surface area contributed by atoms with Crippen LogP contribution in [-0.4, -0.2) is 17.8 Å². The Morgan fingerprint density at radius 3 is 2.88 bits per heavy atom. The fraction of sp³-hybridized carbons (Fsp3) is 0.364. The minimum Gasteiger partial charge on any atom is -0.352 e. The Morgan fingerprint density at radius 2 is 2.31 bits per heavy atom. The Hall–Kier alpha value is -0.610. The predicted octanol–water partition coefficient (Wildman–Crippen LogP) is 3.24. The molecular weight excluding hydrogens is 296 g/mol. The van der Waals surface area contributed by atoms with Gasteiger partial charge in [0.25, 0.3) is 5.91 Å². The van der Waals surface area contributed by atoms with E-state index < -0.39 is 5.82 Å². The molecule has 0 fully saturated rings. The topological polar surface area (TPSA) is 29.1 Å². The van der Waals surface area contributed by atoms with Crippen LogP contribution in [0.3, 0.4) is 0 Å². The molecule has 88 valence electrons. The van der Waals surface area contributed by atoms with Crippen LogP contribution >= 0.6 is 27.5 Å². The SMILES string of the molecule is CC(CBr)CNC(=O)c1ccc(F)cc1Cl. The van der Waals surface area contributed by atoms with Gasteiger partial charge < -0.3 is 5.32 Å². The highest BCUT2D eigenvalue weighted by molar-refractivity contribution is 9.09. The van der Waals surface area contributed by atoms with Crippen LogP contribution in [0.5, 0.6) is 0 Å². The maximum Gasteiger partial charge on any atom is 0.252 e. The van der Waals surface area contributed by atoms with Gasteiger partial charge in [0.1, 0.15) is 5.82 Å². The Balaban J connectivity index is 2.66. The van der Waals surface area contributed by atoms with Crippen LogP contribution in [0.25, 0.3) is 0 Å². The molecule has 1 atom stereocenters. The predicted molar refractivity (Wildman–Crippen MR) is 66.7 cm³/mol. The Bertz CT molecular complexity index is 386. The van der Waals surface area contributed by atoms with E-state index in [1.165, 1.54) is 12.1 Å². The molecule has 0 radical (unpaired) electrons. The molecule has 2 nitrogen and oxygen atoms in total. The van der Waals surface area contributed by atoms with E-state index in [0.29, 0.717) is 18.0 Å². The molecule has 5 heteroatoms. The van der Waals surface area contributed by atoms with Gasteiger partial charge in [-0.25, -0.2) is 4.39 Å². The first-order valence-electron chi connectivity index (χ1n) is 4.83. The van der Waals surface area contributed by atoms with E-state index in [1.54, 1.807) is 0 Å². The van der Waals surface area contributed by atoms with Crippen molar-refractivity contribution in [2.24, 2.45) is 5.92 Å². The molecule has 0 saturated heterocycles. The van der Waals surface area contributed by atoms with Crippen molar-refractivity contribution < 1.29 is 9.18 Å². The second kappa shape index (κ2) is 6.21. The summed E-state index contributed by atoms with van der Waals surface area (Å²) in [5, 5.41) is 3.67. The summed E-state index contributed by atoms with van der Waals surface area (Å²) in [5.41, 5.74) is 0.296. The Kier molecular flexibility index (Phi) is 5.22. The van der Waals surface area contributed by atoms with Crippen LogP contribution in [0.15, 0.2) is 18.2 Å². The number of hydrogen-bond donors (Lipinski definition) is 1. The average Bonchev–Trinajstić information content (AvgIpc) is 2.25. The number of hydrogen-bond acceptors (Lipinski definition) is 1. The number of carbonyl (C=O) groups excluding carboxylic acids is 1. The lowest BCUT2D eigenvalue weighted by atomic mass is 10.2. The average molecular weight is 309 g/mol. The summed E-state index contributed by atoms with van der Waals surface area (Å²) in [4.78, 5) is 11.7. The Morgan fingerprint density at radius 1 is 1.62 bits per heavy atom. The molecule has 0 spiro atoms. The van der Waals surface area contributed by atoms with Crippen molar-refractivity contribution in [1.29, 1.82) is 0 Å².